The highest BCUT2D eigenvalue weighted by atomic mass is 19.1. The lowest BCUT2D eigenvalue weighted by molar-refractivity contribution is -0.146. The molecule has 0 aromatic heterocycles. The van der Waals surface area contributed by atoms with Gasteiger partial charge in [-0.2, -0.15) is 0 Å². The summed E-state index contributed by atoms with van der Waals surface area (Å²) in [5.74, 6) is -0.630. The van der Waals surface area contributed by atoms with Crippen LogP contribution >= 0.6 is 0 Å². The maximum atomic E-state index is 13.3. The summed E-state index contributed by atoms with van der Waals surface area (Å²) in [6, 6.07) is 5.70. The standard InChI is InChI=1S/C16H20FN3O3/c17-12-3-1-2-11(6-12)8-19-5-4-18-16(23)14(19)7-15(22)20-9-13(21)10-20/h1-3,6,13-14,21H,4-5,7-10H2,(H,18,23)/t14-/m0/s1. The Morgan fingerprint density at radius 1 is 1.39 bits per heavy atom. The van der Waals surface area contributed by atoms with E-state index in [4.69, 9.17) is 0 Å². The number of β-amino-alcohol motifs (C(OH)–C–C–N with tert-alkyl or cyclic N) is 1. The average molecular weight is 321 g/mol. The smallest absolute Gasteiger partial charge is 0.237 e. The summed E-state index contributed by atoms with van der Waals surface area (Å²) in [5.41, 5.74) is 0.775. The van der Waals surface area contributed by atoms with Crippen molar-refractivity contribution in [1.82, 2.24) is 15.1 Å². The van der Waals surface area contributed by atoms with Gasteiger partial charge in [0.1, 0.15) is 5.82 Å². The Kier molecular flexibility index (Phi) is 4.58. The number of carbonyl (C=O) groups excluding carboxylic acids is 2. The first kappa shape index (κ1) is 15.9. The monoisotopic (exact) mass is 321 g/mol. The highest BCUT2D eigenvalue weighted by Gasteiger charge is 2.36. The quantitative estimate of drug-likeness (QED) is 0.800. The zero-order valence-corrected chi connectivity index (χ0v) is 12.7. The van der Waals surface area contributed by atoms with Gasteiger partial charge in [-0.25, -0.2) is 4.39 Å². The van der Waals surface area contributed by atoms with Gasteiger partial charge in [-0.05, 0) is 17.7 Å². The number of rotatable bonds is 4. The molecule has 3 rings (SSSR count). The van der Waals surface area contributed by atoms with E-state index in [2.05, 4.69) is 5.32 Å². The van der Waals surface area contributed by atoms with E-state index in [1.54, 1.807) is 17.0 Å². The number of hydrogen-bond donors (Lipinski definition) is 2. The summed E-state index contributed by atoms with van der Waals surface area (Å²) in [6.45, 7) is 2.21. The van der Waals surface area contributed by atoms with Crippen molar-refractivity contribution in [3.05, 3.63) is 35.6 Å². The van der Waals surface area contributed by atoms with Crippen LogP contribution < -0.4 is 5.32 Å². The fraction of sp³-hybridized carbons (Fsp3) is 0.500. The number of aliphatic hydroxyl groups is 1. The van der Waals surface area contributed by atoms with Crippen LogP contribution in [0.25, 0.3) is 0 Å². The maximum Gasteiger partial charge on any atom is 0.237 e. The molecule has 7 heteroatoms. The molecule has 0 spiro atoms. The van der Waals surface area contributed by atoms with Crippen molar-refractivity contribution in [2.24, 2.45) is 0 Å². The summed E-state index contributed by atoms with van der Waals surface area (Å²) in [7, 11) is 0. The fourth-order valence-electron chi connectivity index (χ4n) is 3.00. The molecule has 1 atom stereocenters. The summed E-state index contributed by atoms with van der Waals surface area (Å²) >= 11 is 0. The molecular weight excluding hydrogens is 301 g/mol. The Morgan fingerprint density at radius 2 is 2.17 bits per heavy atom. The molecule has 2 aliphatic heterocycles. The van der Waals surface area contributed by atoms with Crippen molar-refractivity contribution >= 4 is 11.8 Å². The lowest BCUT2D eigenvalue weighted by atomic mass is 10.0. The van der Waals surface area contributed by atoms with Gasteiger partial charge in [0.2, 0.25) is 11.8 Å². The van der Waals surface area contributed by atoms with Crippen LogP contribution in [-0.4, -0.2) is 65.0 Å². The molecule has 2 N–H and O–H groups in total. The number of hydrogen-bond acceptors (Lipinski definition) is 4. The van der Waals surface area contributed by atoms with Crippen molar-refractivity contribution in [2.75, 3.05) is 26.2 Å². The number of carbonyl (C=O) groups is 2. The summed E-state index contributed by atoms with van der Waals surface area (Å²) in [4.78, 5) is 27.8. The molecule has 0 unspecified atom stereocenters. The Hall–Kier alpha value is -1.99. The van der Waals surface area contributed by atoms with E-state index in [1.165, 1.54) is 12.1 Å². The highest BCUT2D eigenvalue weighted by Crippen LogP contribution is 2.17. The molecule has 6 nitrogen and oxygen atoms in total. The fourth-order valence-corrected chi connectivity index (χ4v) is 3.00. The molecule has 2 saturated heterocycles. The number of halogens is 1. The van der Waals surface area contributed by atoms with Gasteiger partial charge in [-0.3, -0.25) is 14.5 Å². The van der Waals surface area contributed by atoms with Crippen LogP contribution in [0, 0.1) is 5.82 Å². The third-order valence-electron chi connectivity index (χ3n) is 4.30. The Morgan fingerprint density at radius 3 is 2.87 bits per heavy atom. The number of nitrogens with zero attached hydrogens (tertiary/aromatic N) is 2. The van der Waals surface area contributed by atoms with E-state index in [0.29, 0.717) is 32.7 Å². The molecule has 1 aromatic carbocycles. The van der Waals surface area contributed by atoms with Gasteiger partial charge in [0, 0.05) is 32.7 Å². The van der Waals surface area contributed by atoms with E-state index in [9.17, 15) is 19.1 Å². The number of benzene rings is 1. The first-order valence-electron chi connectivity index (χ1n) is 7.75. The van der Waals surface area contributed by atoms with Gasteiger partial charge >= 0.3 is 0 Å². The predicted molar refractivity (Wildman–Crippen MR) is 80.8 cm³/mol. The van der Waals surface area contributed by atoms with E-state index in [1.807, 2.05) is 4.90 Å². The SMILES string of the molecule is O=C1NCCN(Cc2cccc(F)c2)[C@H]1CC(=O)N1CC(O)C1. The van der Waals surface area contributed by atoms with E-state index < -0.39 is 12.1 Å². The lowest BCUT2D eigenvalue weighted by Crippen LogP contribution is -2.59. The number of likely N-dealkylation sites (tertiary alicyclic amines) is 1. The second-order valence-electron chi connectivity index (χ2n) is 6.06. The Bertz CT molecular complexity index is 604. The molecule has 2 heterocycles. The second-order valence-corrected chi connectivity index (χ2v) is 6.06. The molecular formula is C16H20FN3O3. The first-order chi connectivity index (χ1) is 11.0. The average Bonchev–Trinajstić information content (AvgIpc) is 2.47. The maximum absolute atomic E-state index is 13.3. The normalized spacial score (nSPS) is 22.6. The third-order valence-corrected chi connectivity index (χ3v) is 4.30. The number of aliphatic hydroxyl groups excluding tert-OH is 1. The first-order valence-corrected chi connectivity index (χ1v) is 7.75. The van der Waals surface area contributed by atoms with Crippen LogP contribution in [0.4, 0.5) is 4.39 Å². The lowest BCUT2D eigenvalue weighted by Gasteiger charge is -2.39. The zero-order valence-electron chi connectivity index (χ0n) is 12.7. The minimum atomic E-state index is -0.558. The van der Waals surface area contributed by atoms with Gasteiger partial charge < -0.3 is 15.3 Å². The van der Waals surface area contributed by atoms with Crippen molar-refractivity contribution in [2.45, 2.75) is 25.1 Å². The number of piperazine rings is 1. The van der Waals surface area contributed by atoms with Crippen LogP contribution in [0.2, 0.25) is 0 Å². The van der Waals surface area contributed by atoms with E-state index >= 15 is 0 Å². The summed E-state index contributed by atoms with van der Waals surface area (Å²) in [6.07, 6.45) is -0.379. The van der Waals surface area contributed by atoms with Crippen LogP contribution in [0.1, 0.15) is 12.0 Å². The minimum Gasteiger partial charge on any atom is -0.389 e. The third kappa shape index (κ3) is 3.68. The molecule has 2 aliphatic rings. The molecule has 2 fully saturated rings. The topological polar surface area (TPSA) is 72.9 Å². The largest absolute Gasteiger partial charge is 0.389 e. The van der Waals surface area contributed by atoms with Gasteiger partial charge in [-0.1, -0.05) is 12.1 Å². The van der Waals surface area contributed by atoms with Gasteiger partial charge in [0.05, 0.1) is 18.6 Å². The molecule has 23 heavy (non-hydrogen) atoms. The molecule has 0 bridgehead atoms. The van der Waals surface area contributed by atoms with Gasteiger partial charge in [-0.15, -0.1) is 0 Å². The van der Waals surface area contributed by atoms with Crippen LogP contribution in [-0.2, 0) is 16.1 Å². The van der Waals surface area contributed by atoms with E-state index in [-0.39, 0.29) is 24.1 Å². The van der Waals surface area contributed by atoms with Crippen molar-refractivity contribution in [3.63, 3.8) is 0 Å². The minimum absolute atomic E-state index is 0.0773. The van der Waals surface area contributed by atoms with Crippen molar-refractivity contribution in [3.8, 4) is 0 Å². The molecule has 1 aromatic rings. The van der Waals surface area contributed by atoms with Crippen molar-refractivity contribution in [1.29, 1.82) is 0 Å². The highest BCUT2D eigenvalue weighted by molar-refractivity contribution is 5.89. The van der Waals surface area contributed by atoms with Gasteiger partial charge in [0.25, 0.3) is 0 Å². The molecule has 124 valence electrons. The molecule has 0 radical (unpaired) electrons. The van der Waals surface area contributed by atoms with Crippen LogP contribution in [0.5, 0.6) is 0 Å². The molecule has 0 aliphatic carbocycles. The Balaban J connectivity index is 1.66. The predicted octanol–water partition coefficient (Wildman–Crippen LogP) is -0.281. The van der Waals surface area contributed by atoms with Crippen LogP contribution in [0.15, 0.2) is 24.3 Å². The molecule has 0 saturated carbocycles. The van der Waals surface area contributed by atoms with Crippen molar-refractivity contribution < 1.29 is 19.1 Å². The second kappa shape index (κ2) is 6.64. The Labute approximate surface area is 133 Å². The van der Waals surface area contributed by atoms with Gasteiger partial charge in [0.15, 0.2) is 0 Å². The number of nitrogens with one attached hydrogen (secondary N) is 1. The summed E-state index contributed by atoms with van der Waals surface area (Å²) < 4.78 is 13.3. The number of amides is 2. The zero-order chi connectivity index (χ0) is 16.4. The summed E-state index contributed by atoms with van der Waals surface area (Å²) in [5, 5.41) is 12.1. The van der Waals surface area contributed by atoms with E-state index in [0.717, 1.165) is 5.56 Å². The van der Waals surface area contributed by atoms with Crippen LogP contribution in [0.3, 0.4) is 0 Å². The molecule has 2 amide bonds.